The van der Waals surface area contributed by atoms with Gasteiger partial charge >= 0.3 is 12.1 Å². The van der Waals surface area contributed by atoms with Gasteiger partial charge in [0.15, 0.2) is 0 Å². The number of hydrogen-bond donors (Lipinski definition) is 0. The Balaban J connectivity index is 2.17. The quantitative estimate of drug-likeness (QED) is 0.560. The number of rotatable bonds is 3. The second-order valence-corrected chi connectivity index (χ2v) is 5.36. The Morgan fingerprint density at radius 3 is 1.90 bits per heavy atom. The summed E-state index contributed by atoms with van der Waals surface area (Å²) >= 11 is 0. The monoisotopic (exact) mass is 306 g/mol. The summed E-state index contributed by atoms with van der Waals surface area (Å²) in [5, 5.41) is 0. The van der Waals surface area contributed by atoms with Crippen LogP contribution < -0.4 is 0 Å². The lowest BCUT2D eigenvalue weighted by molar-refractivity contribution is -0.255. The van der Waals surface area contributed by atoms with Crippen molar-refractivity contribution in [3.05, 3.63) is 35.4 Å². The first-order valence-electron chi connectivity index (χ1n) is 6.83. The number of hydrogen-bond acceptors (Lipinski definition) is 1. The van der Waals surface area contributed by atoms with E-state index in [0.717, 1.165) is 49.8 Å². The average Bonchev–Trinajstić information content (AvgIpc) is 2.46. The Bertz CT molecular complexity index is 498. The van der Waals surface area contributed by atoms with Crippen LogP contribution in [-0.4, -0.2) is 17.9 Å². The van der Waals surface area contributed by atoms with Gasteiger partial charge in [-0.1, -0.05) is 43.5 Å². The minimum atomic E-state index is -5.87. The van der Waals surface area contributed by atoms with Crippen LogP contribution in [-0.2, 0) is 0 Å². The Labute approximate surface area is 119 Å². The molecule has 0 unspecified atom stereocenters. The van der Waals surface area contributed by atoms with Crippen molar-refractivity contribution in [2.75, 3.05) is 0 Å². The normalized spacial score (nSPS) is 17.8. The molecule has 21 heavy (non-hydrogen) atoms. The molecule has 1 aliphatic carbocycles. The number of alkyl halides is 5. The predicted octanol–water partition coefficient (Wildman–Crippen LogP) is 5.11. The maximum atomic E-state index is 13.0. The van der Waals surface area contributed by atoms with E-state index in [1.165, 1.54) is 12.1 Å². The van der Waals surface area contributed by atoms with E-state index >= 15 is 0 Å². The maximum Gasteiger partial charge on any atom is 0.461 e. The fraction of sp³-hybridized carbons (Fsp3) is 0.533. The molecule has 1 aromatic rings. The standard InChI is InChI=1S/C15H15F5O/c16-14(17,15(18,19)20)13(21)12-8-6-11(7-9-12)10-4-2-1-3-5-10/h6-10H,1-5H2. The Kier molecular flexibility index (Phi) is 4.35. The molecule has 1 aromatic carbocycles. The van der Waals surface area contributed by atoms with Crippen LogP contribution in [0.4, 0.5) is 22.0 Å². The smallest absolute Gasteiger partial charge is 0.287 e. The van der Waals surface area contributed by atoms with Gasteiger partial charge in [-0.15, -0.1) is 0 Å². The highest BCUT2D eigenvalue weighted by atomic mass is 19.4. The van der Waals surface area contributed by atoms with Crippen molar-refractivity contribution in [3.8, 4) is 0 Å². The van der Waals surface area contributed by atoms with E-state index in [-0.39, 0.29) is 0 Å². The van der Waals surface area contributed by atoms with E-state index < -0.39 is 23.4 Å². The number of carbonyl (C=O) groups is 1. The number of Topliss-reactive ketones (excluding diaryl/α,β-unsaturated/α-hetero) is 1. The maximum absolute atomic E-state index is 13.0. The second kappa shape index (κ2) is 5.73. The molecule has 0 atom stereocenters. The van der Waals surface area contributed by atoms with Gasteiger partial charge in [0.25, 0.3) is 0 Å². The molecule has 0 aromatic heterocycles. The molecular weight excluding hydrogens is 291 g/mol. The van der Waals surface area contributed by atoms with Crippen molar-refractivity contribution in [1.82, 2.24) is 0 Å². The van der Waals surface area contributed by atoms with Gasteiger partial charge in [-0.05, 0) is 24.3 Å². The molecule has 0 amide bonds. The van der Waals surface area contributed by atoms with Gasteiger partial charge in [0, 0.05) is 5.56 Å². The van der Waals surface area contributed by atoms with Gasteiger partial charge in [0.2, 0.25) is 5.78 Å². The molecule has 0 N–H and O–H groups in total. The van der Waals surface area contributed by atoms with Crippen LogP contribution in [0.5, 0.6) is 0 Å². The van der Waals surface area contributed by atoms with E-state index in [2.05, 4.69) is 0 Å². The number of ketones is 1. The lowest BCUT2D eigenvalue weighted by atomic mass is 9.84. The summed E-state index contributed by atoms with van der Waals surface area (Å²) in [7, 11) is 0. The van der Waals surface area contributed by atoms with E-state index in [4.69, 9.17) is 0 Å². The van der Waals surface area contributed by atoms with Crippen molar-refractivity contribution in [3.63, 3.8) is 0 Å². The summed E-state index contributed by atoms with van der Waals surface area (Å²) < 4.78 is 62.5. The summed E-state index contributed by atoms with van der Waals surface area (Å²) in [6.45, 7) is 0. The van der Waals surface area contributed by atoms with Gasteiger partial charge in [0.05, 0.1) is 0 Å². The third kappa shape index (κ3) is 3.24. The first-order valence-corrected chi connectivity index (χ1v) is 6.83. The van der Waals surface area contributed by atoms with Gasteiger partial charge in [-0.2, -0.15) is 22.0 Å². The Morgan fingerprint density at radius 2 is 1.43 bits per heavy atom. The third-order valence-electron chi connectivity index (χ3n) is 3.89. The molecular formula is C15H15F5O. The van der Waals surface area contributed by atoms with Crippen LogP contribution in [0.15, 0.2) is 24.3 Å². The number of halogens is 5. The van der Waals surface area contributed by atoms with Crippen molar-refractivity contribution < 1.29 is 26.7 Å². The Hall–Kier alpha value is -1.46. The van der Waals surface area contributed by atoms with Gasteiger partial charge < -0.3 is 0 Å². The van der Waals surface area contributed by atoms with Crippen LogP contribution >= 0.6 is 0 Å². The van der Waals surface area contributed by atoms with Crippen LogP contribution in [0.1, 0.15) is 53.9 Å². The predicted molar refractivity (Wildman–Crippen MR) is 67.6 cm³/mol. The molecule has 1 fully saturated rings. The summed E-state index contributed by atoms with van der Waals surface area (Å²) in [6.07, 6.45) is -0.593. The van der Waals surface area contributed by atoms with Crippen LogP contribution in [0, 0.1) is 0 Å². The fourth-order valence-electron chi connectivity index (χ4n) is 2.65. The zero-order valence-electron chi connectivity index (χ0n) is 11.2. The molecule has 116 valence electrons. The van der Waals surface area contributed by atoms with Gasteiger partial charge in [-0.25, -0.2) is 0 Å². The Morgan fingerprint density at radius 1 is 0.905 bits per heavy atom. The van der Waals surface area contributed by atoms with E-state index in [9.17, 15) is 26.7 Å². The molecule has 0 spiro atoms. The molecule has 0 bridgehead atoms. The third-order valence-corrected chi connectivity index (χ3v) is 3.89. The van der Waals surface area contributed by atoms with Crippen molar-refractivity contribution in [2.45, 2.75) is 50.1 Å². The topological polar surface area (TPSA) is 17.1 Å². The molecule has 1 saturated carbocycles. The first kappa shape index (κ1) is 15.9. The molecule has 2 rings (SSSR count). The summed E-state index contributed by atoms with van der Waals surface area (Å²) in [5.41, 5.74) is 0.276. The van der Waals surface area contributed by atoms with E-state index in [0.29, 0.717) is 5.92 Å². The fourth-order valence-corrected chi connectivity index (χ4v) is 2.65. The molecule has 0 radical (unpaired) electrons. The molecule has 1 nitrogen and oxygen atoms in total. The highest BCUT2D eigenvalue weighted by molar-refractivity contribution is 6.01. The molecule has 0 aliphatic heterocycles. The summed E-state index contributed by atoms with van der Waals surface area (Å²) in [5.74, 6) is -7.25. The summed E-state index contributed by atoms with van der Waals surface area (Å²) in [6, 6.07) is 5.09. The zero-order chi connectivity index (χ0) is 15.7. The van der Waals surface area contributed by atoms with Crippen LogP contribution in [0.25, 0.3) is 0 Å². The zero-order valence-corrected chi connectivity index (χ0v) is 11.2. The van der Waals surface area contributed by atoms with Crippen LogP contribution in [0.2, 0.25) is 0 Å². The van der Waals surface area contributed by atoms with Crippen molar-refractivity contribution >= 4 is 5.78 Å². The summed E-state index contributed by atoms with van der Waals surface area (Å²) in [4.78, 5) is 11.3. The van der Waals surface area contributed by atoms with E-state index in [1.807, 2.05) is 0 Å². The molecule has 0 saturated heterocycles. The van der Waals surface area contributed by atoms with Gasteiger partial charge in [0.1, 0.15) is 0 Å². The van der Waals surface area contributed by atoms with E-state index in [1.54, 1.807) is 0 Å². The largest absolute Gasteiger partial charge is 0.461 e. The van der Waals surface area contributed by atoms with Crippen molar-refractivity contribution in [1.29, 1.82) is 0 Å². The lowest BCUT2D eigenvalue weighted by Crippen LogP contribution is -2.44. The minimum absolute atomic E-state index is 0.297. The van der Waals surface area contributed by atoms with Crippen molar-refractivity contribution in [2.24, 2.45) is 0 Å². The highest BCUT2D eigenvalue weighted by Gasteiger charge is 2.63. The second-order valence-electron chi connectivity index (χ2n) is 5.36. The van der Waals surface area contributed by atoms with Crippen LogP contribution in [0.3, 0.4) is 0 Å². The number of carbonyl (C=O) groups excluding carboxylic acids is 1. The minimum Gasteiger partial charge on any atom is -0.287 e. The first-order chi connectivity index (χ1) is 9.73. The molecule has 6 heteroatoms. The van der Waals surface area contributed by atoms with Gasteiger partial charge in [-0.3, -0.25) is 4.79 Å². The lowest BCUT2D eigenvalue weighted by Gasteiger charge is -2.22. The number of benzene rings is 1. The average molecular weight is 306 g/mol. The molecule has 0 heterocycles. The highest BCUT2D eigenvalue weighted by Crippen LogP contribution is 2.38. The SMILES string of the molecule is O=C(c1ccc(C2CCCCC2)cc1)C(F)(F)C(F)(F)F. The molecule has 1 aliphatic rings.